The van der Waals surface area contributed by atoms with Crippen molar-refractivity contribution in [3.63, 3.8) is 0 Å². The molecule has 25 heavy (non-hydrogen) atoms. The second kappa shape index (κ2) is 7.71. The highest BCUT2D eigenvalue weighted by Crippen LogP contribution is 2.22. The lowest BCUT2D eigenvalue weighted by molar-refractivity contribution is -0.120. The van der Waals surface area contributed by atoms with Crippen LogP contribution in [0.15, 0.2) is 72.8 Å². The molecule has 0 saturated carbocycles. The summed E-state index contributed by atoms with van der Waals surface area (Å²) in [6.45, 7) is 0.282. The molecule has 0 aliphatic rings. The van der Waals surface area contributed by atoms with E-state index in [2.05, 4.69) is 5.32 Å². The zero-order chi connectivity index (χ0) is 17.6. The molecule has 0 atom stereocenters. The summed E-state index contributed by atoms with van der Waals surface area (Å²) in [5, 5.41) is 2.76. The quantitative estimate of drug-likeness (QED) is 0.730. The Morgan fingerprint density at radius 1 is 0.840 bits per heavy atom. The standard InChI is InChI=1S/C21H17F2NO/c22-18-5-3-4-16(12-18)14-24-21(25)13-15-8-10-17(11-9-15)19-6-1-2-7-20(19)23/h1-12H,13-14H2,(H,24,25). The summed E-state index contributed by atoms with van der Waals surface area (Å²) in [5.74, 6) is -0.749. The van der Waals surface area contributed by atoms with Crippen molar-refractivity contribution < 1.29 is 13.6 Å². The van der Waals surface area contributed by atoms with Crippen LogP contribution in [-0.4, -0.2) is 5.91 Å². The molecule has 0 aromatic heterocycles. The fourth-order valence-electron chi connectivity index (χ4n) is 2.59. The van der Waals surface area contributed by atoms with Gasteiger partial charge in [-0.05, 0) is 34.9 Å². The Bertz CT molecular complexity index is 875. The normalized spacial score (nSPS) is 10.5. The number of halogens is 2. The molecule has 1 N–H and O–H groups in total. The lowest BCUT2D eigenvalue weighted by Crippen LogP contribution is -2.24. The highest BCUT2D eigenvalue weighted by Gasteiger charge is 2.06. The Kier molecular flexibility index (Phi) is 5.19. The molecule has 0 bridgehead atoms. The van der Waals surface area contributed by atoms with Crippen LogP contribution < -0.4 is 5.32 Å². The molecule has 0 fully saturated rings. The maximum absolute atomic E-state index is 13.8. The Balaban J connectivity index is 1.59. The molecule has 0 spiro atoms. The monoisotopic (exact) mass is 337 g/mol. The molecule has 0 radical (unpaired) electrons. The number of rotatable bonds is 5. The zero-order valence-electron chi connectivity index (χ0n) is 13.5. The van der Waals surface area contributed by atoms with Crippen LogP contribution in [0.4, 0.5) is 8.78 Å². The first-order chi connectivity index (χ1) is 12.1. The zero-order valence-corrected chi connectivity index (χ0v) is 13.5. The van der Waals surface area contributed by atoms with E-state index in [9.17, 15) is 13.6 Å². The number of hydrogen-bond acceptors (Lipinski definition) is 1. The second-order valence-corrected chi connectivity index (χ2v) is 5.76. The summed E-state index contributed by atoms with van der Waals surface area (Å²) in [6.07, 6.45) is 0.215. The molecule has 3 aromatic rings. The van der Waals surface area contributed by atoms with E-state index in [4.69, 9.17) is 0 Å². The van der Waals surface area contributed by atoms with Crippen molar-refractivity contribution in [1.29, 1.82) is 0 Å². The highest BCUT2D eigenvalue weighted by molar-refractivity contribution is 5.78. The lowest BCUT2D eigenvalue weighted by atomic mass is 10.0. The van der Waals surface area contributed by atoms with E-state index in [0.29, 0.717) is 11.1 Å². The summed E-state index contributed by atoms with van der Waals surface area (Å²) in [4.78, 5) is 12.0. The van der Waals surface area contributed by atoms with Crippen LogP contribution in [0.25, 0.3) is 11.1 Å². The van der Waals surface area contributed by atoms with E-state index in [1.807, 2.05) is 12.1 Å². The van der Waals surface area contributed by atoms with Gasteiger partial charge in [0, 0.05) is 12.1 Å². The van der Waals surface area contributed by atoms with Crippen LogP contribution in [-0.2, 0) is 17.8 Å². The number of amides is 1. The summed E-state index contributed by atoms with van der Waals surface area (Å²) in [6, 6.07) is 19.9. The minimum atomic E-state index is -0.324. The van der Waals surface area contributed by atoms with Gasteiger partial charge in [-0.1, -0.05) is 54.6 Å². The lowest BCUT2D eigenvalue weighted by Gasteiger charge is -2.07. The van der Waals surface area contributed by atoms with Crippen molar-refractivity contribution in [2.24, 2.45) is 0 Å². The molecule has 1 amide bonds. The van der Waals surface area contributed by atoms with Gasteiger partial charge in [-0.2, -0.15) is 0 Å². The summed E-state index contributed by atoms with van der Waals surface area (Å²) >= 11 is 0. The number of benzene rings is 3. The third-order valence-corrected chi connectivity index (χ3v) is 3.88. The fraction of sp³-hybridized carbons (Fsp3) is 0.0952. The van der Waals surface area contributed by atoms with Crippen LogP contribution >= 0.6 is 0 Å². The van der Waals surface area contributed by atoms with Gasteiger partial charge in [0.15, 0.2) is 0 Å². The predicted octanol–water partition coefficient (Wildman–Crippen LogP) is 4.49. The maximum atomic E-state index is 13.8. The molecule has 0 saturated heterocycles. The van der Waals surface area contributed by atoms with Crippen LogP contribution in [0.1, 0.15) is 11.1 Å². The van der Waals surface area contributed by atoms with Gasteiger partial charge in [-0.15, -0.1) is 0 Å². The largest absolute Gasteiger partial charge is 0.352 e. The minimum Gasteiger partial charge on any atom is -0.352 e. The van der Waals surface area contributed by atoms with E-state index >= 15 is 0 Å². The van der Waals surface area contributed by atoms with E-state index < -0.39 is 0 Å². The molecule has 0 unspecified atom stereocenters. The third-order valence-electron chi connectivity index (χ3n) is 3.88. The second-order valence-electron chi connectivity index (χ2n) is 5.76. The first-order valence-corrected chi connectivity index (χ1v) is 7.97. The molecule has 4 heteroatoms. The molecular formula is C21H17F2NO. The predicted molar refractivity (Wildman–Crippen MR) is 93.8 cm³/mol. The van der Waals surface area contributed by atoms with Gasteiger partial charge in [0.1, 0.15) is 11.6 Å². The highest BCUT2D eigenvalue weighted by atomic mass is 19.1. The third kappa shape index (κ3) is 4.51. The Morgan fingerprint density at radius 2 is 1.60 bits per heavy atom. The molecular weight excluding hydrogens is 320 g/mol. The van der Waals surface area contributed by atoms with Crippen LogP contribution in [0, 0.1) is 11.6 Å². The number of carbonyl (C=O) groups excluding carboxylic acids is 1. The minimum absolute atomic E-state index is 0.150. The van der Waals surface area contributed by atoms with Gasteiger partial charge in [0.05, 0.1) is 6.42 Å². The van der Waals surface area contributed by atoms with E-state index in [0.717, 1.165) is 11.1 Å². The van der Waals surface area contributed by atoms with Crippen molar-refractivity contribution >= 4 is 5.91 Å². The number of hydrogen-bond donors (Lipinski definition) is 1. The van der Waals surface area contributed by atoms with Crippen LogP contribution in [0.2, 0.25) is 0 Å². The van der Waals surface area contributed by atoms with Gasteiger partial charge in [0.2, 0.25) is 5.91 Å². The van der Waals surface area contributed by atoms with E-state index in [-0.39, 0.29) is 30.5 Å². The molecule has 0 aliphatic heterocycles. The smallest absolute Gasteiger partial charge is 0.224 e. The molecule has 3 aromatic carbocycles. The van der Waals surface area contributed by atoms with Crippen LogP contribution in [0.3, 0.4) is 0 Å². The van der Waals surface area contributed by atoms with Gasteiger partial charge in [-0.3, -0.25) is 4.79 Å². The number of nitrogens with one attached hydrogen (secondary N) is 1. The summed E-state index contributed by atoms with van der Waals surface area (Å²) < 4.78 is 26.9. The topological polar surface area (TPSA) is 29.1 Å². The van der Waals surface area contributed by atoms with Gasteiger partial charge in [0.25, 0.3) is 0 Å². The molecule has 126 valence electrons. The molecule has 3 rings (SSSR count). The average molecular weight is 337 g/mol. The fourth-order valence-corrected chi connectivity index (χ4v) is 2.59. The molecule has 0 aliphatic carbocycles. The van der Waals surface area contributed by atoms with Crippen molar-refractivity contribution in [2.45, 2.75) is 13.0 Å². The Labute approximate surface area is 145 Å². The number of carbonyl (C=O) groups is 1. The average Bonchev–Trinajstić information content (AvgIpc) is 2.61. The maximum Gasteiger partial charge on any atom is 0.224 e. The first kappa shape index (κ1) is 16.8. The van der Waals surface area contributed by atoms with E-state index in [1.54, 1.807) is 42.5 Å². The summed E-state index contributed by atoms with van der Waals surface area (Å²) in [7, 11) is 0. The SMILES string of the molecule is O=C(Cc1ccc(-c2ccccc2F)cc1)NCc1cccc(F)c1. The van der Waals surface area contributed by atoms with Gasteiger partial charge < -0.3 is 5.32 Å². The van der Waals surface area contributed by atoms with Crippen molar-refractivity contribution in [2.75, 3.05) is 0 Å². The molecule has 0 heterocycles. The van der Waals surface area contributed by atoms with Gasteiger partial charge >= 0.3 is 0 Å². The van der Waals surface area contributed by atoms with Crippen molar-refractivity contribution in [3.8, 4) is 11.1 Å². The summed E-state index contributed by atoms with van der Waals surface area (Å²) in [5.41, 5.74) is 2.84. The van der Waals surface area contributed by atoms with Crippen molar-refractivity contribution in [3.05, 3.63) is 95.6 Å². The van der Waals surface area contributed by atoms with Gasteiger partial charge in [-0.25, -0.2) is 8.78 Å². The van der Waals surface area contributed by atoms with E-state index in [1.165, 1.54) is 18.2 Å². The van der Waals surface area contributed by atoms with Crippen LogP contribution in [0.5, 0.6) is 0 Å². The molecule has 2 nitrogen and oxygen atoms in total. The Morgan fingerprint density at radius 3 is 2.32 bits per heavy atom. The Hall–Kier alpha value is -3.01. The van der Waals surface area contributed by atoms with Crippen molar-refractivity contribution in [1.82, 2.24) is 5.32 Å². The first-order valence-electron chi connectivity index (χ1n) is 7.97.